The molecule has 4 heteroatoms. The fraction of sp³-hybridized carbons (Fsp3) is 0.500. The molecule has 0 saturated carbocycles. The lowest BCUT2D eigenvalue weighted by atomic mass is 9.98. The van der Waals surface area contributed by atoms with E-state index in [9.17, 15) is 9.18 Å². The summed E-state index contributed by atoms with van der Waals surface area (Å²) in [5.74, 6) is -0.304. The summed E-state index contributed by atoms with van der Waals surface area (Å²) in [5, 5.41) is 0. The predicted molar refractivity (Wildman–Crippen MR) is 60.6 cm³/mol. The molecule has 1 rings (SSSR count). The number of Topliss-reactive ketones (excluding diaryl/α,β-unsaturated/α-hetero) is 1. The average Bonchev–Trinajstić information content (AvgIpc) is 2.27. The smallest absolute Gasteiger partial charge is 0.165 e. The predicted octanol–water partition coefficient (Wildman–Crippen LogP) is 2.17. The van der Waals surface area contributed by atoms with E-state index < -0.39 is 5.82 Å². The molecule has 0 amide bonds. The van der Waals surface area contributed by atoms with Crippen LogP contribution in [0.25, 0.3) is 0 Å². The van der Waals surface area contributed by atoms with Crippen LogP contribution in [0.2, 0.25) is 0 Å². The number of nitrogens with two attached hydrogens (primary N) is 1. The lowest BCUT2D eigenvalue weighted by Crippen LogP contribution is -2.09. The quantitative estimate of drug-likeness (QED) is 0.753. The molecule has 0 aliphatic carbocycles. The SMILES string of the molecule is CC(CCN)CCC(=O)c1ccncc1F. The largest absolute Gasteiger partial charge is 0.330 e. The fourth-order valence-electron chi connectivity index (χ4n) is 1.54. The van der Waals surface area contributed by atoms with Crippen molar-refractivity contribution in [3.8, 4) is 0 Å². The van der Waals surface area contributed by atoms with Crippen LogP contribution in [0.5, 0.6) is 0 Å². The molecule has 2 N–H and O–H groups in total. The summed E-state index contributed by atoms with van der Waals surface area (Å²) >= 11 is 0. The first-order chi connectivity index (χ1) is 7.65. The Kier molecular flexibility index (Phi) is 5.05. The second-order valence-electron chi connectivity index (χ2n) is 4.00. The maximum absolute atomic E-state index is 13.2. The molecule has 1 aromatic heterocycles. The van der Waals surface area contributed by atoms with Gasteiger partial charge >= 0.3 is 0 Å². The van der Waals surface area contributed by atoms with Gasteiger partial charge in [0.25, 0.3) is 0 Å². The number of carbonyl (C=O) groups excluding carboxylic acids is 1. The first kappa shape index (κ1) is 12.8. The van der Waals surface area contributed by atoms with Crippen molar-refractivity contribution in [2.45, 2.75) is 26.2 Å². The summed E-state index contributed by atoms with van der Waals surface area (Å²) in [6.45, 7) is 2.67. The van der Waals surface area contributed by atoms with Gasteiger partial charge in [-0.2, -0.15) is 0 Å². The second kappa shape index (κ2) is 6.33. The van der Waals surface area contributed by atoms with E-state index in [2.05, 4.69) is 4.98 Å². The summed E-state index contributed by atoms with van der Waals surface area (Å²) in [6, 6.07) is 1.42. The van der Waals surface area contributed by atoms with Crippen molar-refractivity contribution in [2.24, 2.45) is 11.7 Å². The van der Waals surface area contributed by atoms with Crippen molar-refractivity contribution in [1.82, 2.24) is 4.98 Å². The van der Waals surface area contributed by atoms with Crippen LogP contribution < -0.4 is 5.73 Å². The van der Waals surface area contributed by atoms with Crippen LogP contribution in [0.15, 0.2) is 18.5 Å². The van der Waals surface area contributed by atoms with Crippen LogP contribution in [0, 0.1) is 11.7 Å². The highest BCUT2D eigenvalue weighted by atomic mass is 19.1. The minimum atomic E-state index is -0.543. The molecule has 1 atom stereocenters. The Morgan fingerprint density at radius 2 is 2.31 bits per heavy atom. The third kappa shape index (κ3) is 3.70. The number of nitrogens with zero attached hydrogens (tertiary/aromatic N) is 1. The number of aromatic nitrogens is 1. The Balaban J connectivity index is 2.50. The molecule has 16 heavy (non-hydrogen) atoms. The van der Waals surface area contributed by atoms with Gasteiger partial charge in [0, 0.05) is 12.6 Å². The molecule has 0 saturated heterocycles. The number of hydrogen-bond donors (Lipinski definition) is 1. The summed E-state index contributed by atoms with van der Waals surface area (Å²) in [4.78, 5) is 15.3. The molecule has 0 aromatic carbocycles. The van der Waals surface area contributed by atoms with Gasteiger partial charge in [0.2, 0.25) is 0 Å². The zero-order valence-corrected chi connectivity index (χ0v) is 9.45. The van der Waals surface area contributed by atoms with Crippen LogP contribution >= 0.6 is 0 Å². The Labute approximate surface area is 94.9 Å². The van der Waals surface area contributed by atoms with Gasteiger partial charge in [-0.05, 0) is 31.4 Å². The first-order valence-electron chi connectivity index (χ1n) is 5.48. The molecular weight excluding hydrogens is 207 g/mol. The van der Waals surface area contributed by atoms with Gasteiger partial charge in [-0.1, -0.05) is 6.92 Å². The Bertz CT molecular complexity index is 355. The van der Waals surface area contributed by atoms with Crippen molar-refractivity contribution in [3.63, 3.8) is 0 Å². The molecule has 0 aliphatic rings. The van der Waals surface area contributed by atoms with E-state index in [-0.39, 0.29) is 11.3 Å². The molecule has 0 fully saturated rings. The molecule has 1 aromatic rings. The van der Waals surface area contributed by atoms with Gasteiger partial charge in [0.05, 0.1) is 11.8 Å². The van der Waals surface area contributed by atoms with Gasteiger partial charge in [-0.15, -0.1) is 0 Å². The zero-order valence-electron chi connectivity index (χ0n) is 9.45. The highest BCUT2D eigenvalue weighted by Crippen LogP contribution is 2.14. The van der Waals surface area contributed by atoms with E-state index >= 15 is 0 Å². The van der Waals surface area contributed by atoms with Crippen molar-refractivity contribution in [1.29, 1.82) is 0 Å². The fourth-order valence-corrected chi connectivity index (χ4v) is 1.54. The van der Waals surface area contributed by atoms with Crippen molar-refractivity contribution >= 4 is 5.78 Å². The van der Waals surface area contributed by atoms with E-state index in [4.69, 9.17) is 5.73 Å². The van der Waals surface area contributed by atoms with E-state index in [0.29, 0.717) is 18.9 Å². The molecule has 1 heterocycles. The summed E-state index contributed by atoms with van der Waals surface area (Å²) in [7, 11) is 0. The minimum Gasteiger partial charge on any atom is -0.330 e. The molecule has 1 unspecified atom stereocenters. The summed E-state index contributed by atoms with van der Waals surface area (Å²) in [5.41, 5.74) is 5.55. The number of halogens is 1. The molecule has 3 nitrogen and oxygen atoms in total. The normalized spacial score (nSPS) is 12.4. The lowest BCUT2D eigenvalue weighted by Gasteiger charge is -2.08. The van der Waals surface area contributed by atoms with Gasteiger partial charge in [-0.25, -0.2) is 4.39 Å². The topological polar surface area (TPSA) is 56.0 Å². The van der Waals surface area contributed by atoms with E-state index in [0.717, 1.165) is 19.0 Å². The van der Waals surface area contributed by atoms with Gasteiger partial charge < -0.3 is 5.73 Å². The van der Waals surface area contributed by atoms with Crippen molar-refractivity contribution < 1.29 is 9.18 Å². The maximum Gasteiger partial charge on any atom is 0.165 e. The van der Waals surface area contributed by atoms with Gasteiger partial charge in [0.1, 0.15) is 0 Å². The van der Waals surface area contributed by atoms with Crippen molar-refractivity contribution in [2.75, 3.05) is 6.54 Å². The lowest BCUT2D eigenvalue weighted by molar-refractivity contribution is 0.0970. The van der Waals surface area contributed by atoms with Crippen LogP contribution in [-0.4, -0.2) is 17.3 Å². The molecular formula is C12H17FN2O. The molecule has 0 aliphatic heterocycles. The molecule has 0 spiro atoms. The molecule has 88 valence electrons. The van der Waals surface area contributed by atoms with Crippen LogP contribution in [0.1, 0.15) is 36.5 Å². The second-order valence-corrected chi connectivity index (χ2v) is 4.00. The number of rotatable bonds is 6. The zero-order chi connectivity index (χ0) is 12.0. The third-order valence-electron chi connectivity index (χ3n) is 2.60. The minimum absolute atomic E-state index is 0.134. The summed E-state index contributed by atoms with van der Waals surface area (Å²) < 4.78 is 13.2. The Morgan fingerprint density at radius 3 is 2.94 bits per heavy atom. The van der Waals surface area contributed by atoms with Crippen LogP contribution in [-0.2, 0) is 0 Å². The molecule has 0 bridgehead atoms. The van der Waals surface area contributed by atoms with Crippen LogP contribution in [0.4, 0.5) is 4.39 Å². The number of carbonyl (C=O) groups is 1. The van der Waals surface area contributed by atoms with Gasteiger partial charge in [-0.3, -0.25) is 9.78 Å². The molecule has 0 radical (unpaired) electrons. The highest BCUT2D eigenvalue weighted by molar-refractivity contribution is 5.96. The highest BCUT2D eigenvalue weighted by Gasteiger charge is 2.12. The van der Waals surface area contributed by atoms with E-state index in [1.54, 1.807) is 0 Å². The monoisotopic (exact) mass is 224 g/mol. The first-order valence-corrected chi connectivity index (χ1v) is 5.48. The summed E-state index contributed by atoms with van der Waals surface area (Å²) in [6.07, 6.45) is 4.50. The number of hydrogen-bond acceptors (Lipinski definition) is 3. The third-order valence-corrected chi connectivity index (χ3v) is 2.60. The Morgan fingerprint density at radius 1 is 1.56 bits per heavy atom. The number of pyridine rings is 1. The van der Waals surface area contributed by atoms with Crippen molar-refractivity contribution in [3.05, 3.63) is 29.8 Å². The standard InChI is InChI=1S/C12H17FN2O/c1-9(4-6-14)2-3-12(16)10-5-7-15-8-11(10)13/h5,7-9H,2-4,6,14H2,1H3. The maximum atomic E-state index is 13.2. The Hall–Kier alpha value is -1.29. The average molecular weight is 224 g/mol. The van der Waals surface area contributed by atoms with Crippen LogP contribution in [0.3, 0.4) is 0 Å². The number of ketones is 1. The van der Waals surface area contributed by atoms with E-state index in [1.165, 1.54) is 12.3 Å². The van der Waals surface area contributed by atoms with Gasteiger partial charge in [0.15, 0.2) is 11.6 Å². The van der Waals surface area contributed by atoms with E-state index in [1.807, 2.05) is 6.92 Å².